The molecule has 0 unspecified atom stereocenters. The number of carboxylic acid groups (broad SMARTS) is 1. The molecule has 0 aromatic heterocycles. The molecule has 0 bridgehead atoms. The van der Waals surface area contributed by atoms with E-state index in [4.69, 9.17) is 9.84 Å². The number of nitrogens with zero attached hydrogens (tertiary/aromatic N) is 2. The van der Waals surface area contributed by atoms with Crippen LogP contribution in [0.5, 0.6) is 5.75 Å². The molecule has 0 radical (unpaired) electrons. The molecule has 1 aliphatic rings. The molecule has 6 heteroatoms. The van der Waals surface area contributed by atoms with Crippen molar-refractivity contribution in [2.24, 2.45) is 4.99 Å². The molecular weight excluding hydrogens is 332 g/mol. The largest absolute Gasteiger partial charge is 0.497 e. The minimum absolute atomic E-state index is 0.0713. The van der Waals surface area contributed by atoms with E-state index in [0.29, 0.717) is 5.84 Å². The van der Waals surface area contributed by atoms with Crippen molar-refractivity contribution in [3.63, 3.8) is 0 Å². The maximum atomic E-state index is 12.8. The minimum Gasteiger partial charge on any atom is -0.497 e. The molecule has 1 N–H and O–H groups in total. The van der Waals surface area contributed by atoms with Crippen LogP contribution in [0.2, 0.25) is 0 Å². The number of hydrogen-bond acceptors (Lipinski definition) is 4. The molecule has 0 atom stereocenters. The summed E-state index contributed by atoms with van der Waals surface area (Å²) in [5, 5.41) is 8.96. The number of ether oxygens (including phenoxy) is 1. The molecular formula is C20H18N2O4. The van der Waals surface area contributed by atoms with Crippen LogP contribution in [0.4, 0.5) is 0 Å². The van der Waals surface area contributed by atoms with Crippen molar-refractivity contribution in [2.45, 2.75) is 6.42 Å². The van der Waals surface area contributed by atoms with Gasteiger partial charge in [-0.05, 0) is 23.8 Å². The predicted molar refractivity (Wildman–Crippen MR) is 97.9 cm³/mol. The molecule has 1 aliphatic heterocycles. The summed E-state index contributed by atoms with van der Waals surface area (Å²) in [4.78, 5) is 29.6. The van der Waals surface area contributed by atoms with Gasteiger partial charge in [0, 0.05) is 12.1 Å². The summed E-state index contributed by atoms with van der Waals surface area (Å²) >= 11 is 0. The molecule has 1 amide bonds. The van der Waals surface area contributed by atoms with Crippen LogP contribution in [0.25, 0.3) is 6.08 Å². The number of amides is 1. The molecule has 0 fully saturated rings. The van der Waals surface area contributed by atoms with E-state index < -0.39 is 5.97 Å². The highest BCUT2D eigenvalue weighted by Gasteiger charge is 2.31. The fourth-order valence-electron chi connectivity index (χ4n) is 2.63. The molecule has 0 spiro atoms. The topological polar surface area (TPSA) is 79.2 Å². The van der Waals surface area contributed by atoms with Gasteiger partial charge in [0.05, 0.1) is 13.5 Å². The number of amidine groups is 1. The predicted octanol–water partition coefficient (Wildman–Crippen LogP) is 2.80. The van der Waals surface area contributed by atoms with Crippen LogP contribution in [-0.2, 0) is 9.59 Å². The minimum atomic E-state index is -0.960. The number of hydrogen-bond donors (Lipinski definition) is 1. The Hall–Kier alpha value is -3.41. The van der Waals surface area contributed by atoms with Crippen molar-refractivity contribution in [1.82, 2.24) is 4.90 Å². The second kappa shape index (κ2) is 7.65. The van der Waals surface area contributed by atoms with Crippen molar-refractivity contribution in [2.75, 3.05) is 13.7 Å². The first-order valence-electron chi connectivity index (χ1n) is 8.12. The Balaban J connectivity index is 1.94. The lowest BCUT2D eigenvalue weighted by Gasteiger charge is -2.17. The molecule has 2 aromatic carbocycles. The van der Waals surface area contributed by atoms with Crippen molar-refractivity contribution in [1.29, 1.82) is 0 Å². The number of carboxylic acids is 1. The fourth-order valence-corrected chi connectivity index (χ4v) is 2.63. The summed E-state index contributed by atoms with van der Waals surface area (Å²) in [6.07, 6.45) is 1.54. The Labute approximate surface area is 151 Å². The molecule has 6 nitrogen and oxygen atoms in total. The van der Waals surface area contributed by atoms with Crippen LogP contribution in [-0.4, -0.2) is 41.4 Å². The van der Waals surface area contributed by atoms with E-state index in [9.17, 15) is 9.59 Å². The molecule has 26 heavy (non-hydrogen) atoms. The highest BCUT2D eigenvalue weighted by atomic mass is 16.5. The van der Waals surface area contributed by atoms with Gasteiger partial charge in [-0.25, -0.2) is 4.99 Å². The molecule has 3 rings (SSSR count). The Morgan fingerprint density at radius 3 is 2.46 bits per heavy atom. The molecule has 132 valence electrons. The second-order valence-corrected chi connectivity index (χ2v) is 5.70. The maximum Gasteiger partial charge on any atom is 0.305 e. The van der Waals surface area contributed by atoms with Crippen LogP contribution in [0, 0.1) is 0 Å². The van der Waals surface area contributed by atoms with Crippen molar-refractivity contribution < 1.29 is 19.4 Å². The van der Waals surface area contributed by atoms with Gasteiger partial charge in [-0.2, -0.15) is 0 Å². The van der Waals surface area contributed by atoms with Crippen molar-refractivity contribution in [3.8, 4) is 5.75 Å². The summed E-state index contributed by atoms with van der Waals surface area (Å²) in [6, 6.07) is 16.5. The molecule has 1 heterocycles. The third-order valence-corrected chi connectivity index (χ3v) is 3.95. The lowest BCUT2D eigenvalue weighted by Crippen LogP contribution is -2.34. The van der Waals surface area contributed by atoms with Gasteiger partial charge in [-0.1, -0.05) is 42.5 Å². The summed E-state index contributed by atoms with van der Waals surface area (Å²) in [5.41, 5.74) is 1.86. The summed E-state index contributed by atoms with van der Waals surface area (Å²) in [6.45, 7) is 0.0713. The van der Waals surface area contributed by atoms with Crippen LogP contribution in [0.3, 0.4) is 0 Å². The molecule has 0 aliphatic carbocycles. The maximum absolute atomic E-state index is 12.8. The van der Waals surface area contributed by atoms with E-state index in [2.05, 4.69) is 4.99 Å². The number of aliphatic carboxylic acids is 1. The Morgan fingerprint density at radius 2 is 1.85 bits per heavy atom. The van der Waals surface area contributed by atoms with Gasteiger partial charge in [0.15, 0.2) is 0 Å². The zero-order valence-corrected chi connectivity index (χ0v) is 14.3. The van der Waals surface area contributed by atoms with Gasteiger partial charge in [-0.15, -0.1) is 0 Å². The first-order chi connectivity index (χ1) is 12.6. The van der Waals surface area contributed by atoms with Gasteiger partial charge < -0.3 is 9.84 Å². The highest BCUT2D eigenvalue weighted by molar-refractivity contribution is 6.19. The van der Waals surface area contributed by atoms with Gasteiger partial charge >= 0.3 is 5.97 Å². The smallest absolute Gasteiger partial charge is 0.305 e. The zero-order chi connectivity index (χ0) is 18.5. The standard InChI is InChI=1S/C20H18N2O4/c1-26-16-9-7-14(8-10-16)13-17-20(25)22(12-11-18(23)24)19(21-17)15-5-3-2-4-6-15/h2-10,13H,11-12H2,1H3,(H,23,24)/b17-13-. The first-order valence-corrected chi connectivity index (χ1v) is 8.12. The number of carbonyl (C=O) groups is 2. The van der Waals surface area contributed by atoms with Crippen LogP contribution < -0.4 is 4.74 Å². The van der Waals surface area contributed by atoms with E-state index in [-0.39, 0.29) is 24.6 Å². The quantitative estimate of drug-likeness (QED) is 0.813. The van der Waals surface area contributed by atoms with Crippen molar-refractivity contribution >= 4 is 23.8 Å². The second-order valence-electron chi connectivity index (χ2n) is 5.70. The number of rotatable bonds is 6. The highest BCUT2D eigenvalue weighted by Crippen LogP contribution is 2.23. The average Bonchev–Trinajstić information content (AvgIpc) is 2.97. The Kier molecular flexibility index (Phi) is 5.12. The molecule has 0 saturated heterocycles. The summed E-state index contributed by atoms with van der Waals surface area (Å²) in [5.74, 6) is -0.0724. The summed E-state index contributed by atoms with van der Waals surface area (Å²) in [7, 11) is 1.59. The Bertz CT molecular complexity index is 870. The Morgan fingerprint density at radius 1 is 1.15 bits per heavy atom. The van der Waals surface area contributed by atoms with Gasteiger partial charge in [0.1, 0.15) is 17.3 Å². The van der Waals surface area contributed by atoms with E-state index in [0.717, 1.165) is 16.9 Å². The number of carbonyl (C=O) groups excluding carboxylic acids is 1. The van der Waals surface area contributed by atoms with Crippen LogP contribution >= 0.6 is 0 Å². The lowest BCUT2D eigenvalue weighted by molar-refractivity contribution is -0.137. The van der Waals surface area contributed by atoms with E-state index in [1.54, 1.807) is 25.3 Å². The number of aliphatic imine (C=N–C) groups is 1. The normalized spacial score (nSPS) is 15.3. The number of methoxy groups -OCH3 is 1. The average molecular weight is 350 g/mol. The van der Waals surface area contributed by atoms with Crippen molar-refractivity contribution in [3.05, 3.63) is 71.4 Å². The van der Waals surface area contributed by atoms with Crippen LogP contribution in [0.15, 0.2) is 65.3 Å². The van der Waals surface area contributed by atoms with E-state index in [1.165, 1.54) is 4.90 Å². The van der Waals surface area contributed by atoms with Crippen LogP contribution in [0.1, 0.15) is 17.5 Å². The summed E-state index contributed by atoms with van der Waals surface area (Å²) < 4.78 is 5.13. The SMILES string of the molecule is COc1ccc(/C=C2\N=C(c3ccccc3)N(CCC(=O)O)C2=O)cc1. The fraction of sp³-hybridized carbons (Fsp3) is 0.150. The third kappa shape index (κ3) is 3.80. The monoisotopic (exact) mass is 350 g/mol. The lowest BCUT2D eigenvalue weighted by atomic mass is 10.2. The zero-order valence-electron chi connectivity index (χ0n) is 14.3. The molecule has 0 saturated carbocycles. The van der Waals surface area contributed by atoms with E-state index >= 15 is 0 Å². The van der Waals surface area contributed by atoms with Gasteiger partial charge in [0.2, 0.25) is 0 Å². The third-order valence-electron chi connectivity index (χ3n) is 3.95. The van der Waals surface area contributed by atoms with Gasteiger partial charge in [-0.3, -0.25) is 14.5 Å². The van der Waals surface area contributed by atoms with Gasteiger partial charge in [0.25, 0.3) is 5.91 Å². The molecule has 2 aromatic rings. The number of benzene rings is 2. The first kappa shape index (κ1) is 17.4. The van der Waals surface area contributed by atoms with E-state index in [1.807, 2.05) is 42.5 Å².